The van der Waals surface area contributed by atoms with E-state index in [-0.39, 0.29) is 35.0 Å². The summed E-state index contributed by atoms with van der Waals surface area (Å²) in [5.74, 6) is -2.48. The van der Waals surface area contributed by atoms with Gasteiger partial charge in [0.25, 0.3) is 0 Å². The van der Waals surface area contributed by atoms with Crippen molar-refractivity contribution in [1.82, 2.24) is 15.1 Å². The summed E-state index contributed by atoms with van der Waals surface area (Å²) in [6.07, 6.45) is 1.40. The Labute approximate surface area is 229 Å². The molecular formula is C31H40F3N3O2. The molecule has 2 saturated heterocycles. The average Bonchev–Trinajstić information content (AvgIpc) is 3.29. The van der Waals surface area contributed by atoms with Crippen LogP contribution in [0.1, 0.15) is 82.9 Å². The topological polar surface area (TPSA) is 52.7 Å². The van der Waals surface area contributed by atoms with Gasteiger partial charge in [0.1, 0.15) is 17.5 Å². The number of hydrogen-bond acceptors (Lipinski definition) is 3. The van der Waals surface area contributed by atoms with Gasteiger partial charge in [0.05, 0.1) is 11.5 Å². The van der Waals surface area contributed by atoms with Crippen molar-refractivity contribution < 1.29 is 22.8 Å². The summed E-state index contributed by atoms with van der Waals surface area (Å²) in [7, 11) is 0. The standard InChI is InChI=1S/C31H40F3N3O2/c1-19(38)35-31(5,6)27-15-21(32)7-9-23(27)20-11-13-36(14-12-20)29(39)26-18-37(30(2,3)4)17-25(26)24-10-8-22(33)16-28(24)34/h7-10,15-16,20,25-26H,11-14,17-18H2,1-6H3,(H,35,38). The van der Waals surface area contributed by atoms with E-state index in [1.54, 1.807) is 6.07 Å². The summed E-state index contributed by atoms with van der Waals surface area (Å²) in [4.78, 5) is 29.7. The van der Waals surface area contributed by atoms with Crippen LogP contribution in [0.2, 0.25) is 0 Å². The SMILES string of the molecule is CC(=O)NC(C)(C)c1cc(F)ccc1C1CCN(C(=O)C2CN(C(C)(C)C)CC2c2ccc(F)cc2F)CC1. The molecule has 0 aliphatic carbocycles. The van der Waals surface area contributed by atoms with Crippen molar-refractivity contribution in [1.29, 1.82) is 0 Å². The molecule has 0 bridgehead atoms. The summed E-state index contributed by atoms with van der Waals surface area (Å²) in [6, 6.07) is 8.35. The molecule has 2 fully saturated rings. The Balaban J connectivity index is 1.53. The zero-order valence-electron chi connectivity index (χ0n) is 23.8. The highest BCUT2D eigenvalue weighted by Crippen LogP contribution is 2.40. The molecule has 2 heterocycles. The van der Waals surface area contributed by atoms with Crippen molar-refractivity contribution in [2.45, 2.75) is 77.3 Å². The molecule has 2 atom stereocenters. The molecule has 0 aromatic heterocycles. The third kappa shape index (κ3) is 6.32. The highest BCUT2D eigenvalue weighted by molar-refractivity contribution is 5.81. The van der Waals surface area contributed by atoms with Crippen LogP contribution in [0.5, 0.6) is 0 Å². The molecule has 4 rings (SSSR count). The summed E-state index contributed by atoms with van der Waals surface area (Å²) < 4.78 is 42.7. The first kappa shape index (κ1) is 29.1. The number of piperidine rings is 1. The minimum Gasteiger partial charge on any atom is -0.347 e. The molecule has 5 nitrogen and oxygen atoms in total. The molecule has 2 aromatic rings. The first-order chi connectivity index (χ1) is 18.2. The van der Waals surface area contributed by atoms with E-state index in [1.165, 1.54) is 31.2 Å². The van der Waals surface area contributed by atoms with Crippen LogP contribution in [0.4, 0.5) is 13.2 Å². The van der Waals surface area contributed by atoms with Gasteiger partial charge in [-0.05, 0) is 88.3 Å². The second-order valence-electron chi connectivity index (χ2n) is 12.6. The first-order valence-electron chi connectivity index (χ1n) is 13.7. The highest BCUT2D eigenvalue weighted by atomic mass is 19.1. The lowest BCUT2D eigenvalue weighted by Gasteiger charge is -2.37. The van der Waals surface area contributed by atoms with Crippen LogP contribution in [-0.2, 0) is 15.1 Å². The lowest BCUT2D eigenvalue weighted by molar-refractivity contribution is -0.136. The largest absolute Gasteiger partial charge is 0.347 e. The Morgan fingerprint density at radius 2 is 1.46 bits per heavy atom. The second kappa shape index (κ2) is 11.0. The fourth-order valence-corrected chi connectivity index (χ4v) is 6.30. The molecule has 2 amide bonds. The summed E-state index contributed by atoms with van der Waals surface area (Å²) >= 11 is 0. The monoisotopic (exact) mass is 543 g/mol. The van der Waals surface area contributed by atoms with E-state index < -0.39 is 23.1 Å². The number of amides is 2. The molecule has 212 valence electrons. The number of hydrogen-bond donors (Lipinski definition) is 1. The predicted octanol–water partition coefficient (Wildman–Crippen LogP) is 5.70. The van der Waals surface area contributed by atoms with Crippen LogP contribution in [0, 0.1) is 23.4 Å². The van der Waals surface area contributed by atoms with Gasteiger partial charge in [-0.1, -0.05) is 12.1 Å². The van der Waals surface area contributed by atoms with Crippen molar-refractivity contribution in [2.75, 3.05) is 26.2 Å². The van der Waals surface area contributed by atoms with Crippen molar-refractivity contribution in [2.24, 2.45) is 5.92 Å². The fraction of sp³-hybridized carbons (Fsp3) is 0.548. The van der Waals surface area contributed by atoms with E-state index in [2.05, 4.69) is 31.0 Å². The molecule has 39 heavy (non-hydrogen) atoms. The third-order valence-corrected chi connectivity index (χ3v) is 8.37. The van der Waals surface area contributed by atoms with Crippen molar-refractivity contribution in [3.63, 3.8) is 0 Å². The number of likely N-dealkylation sites (tertiary alicyclic amines) is 2. The van der Waals surface area contributed by atoms with Gasteiger partial charge in [-0.25, -0.2) is 13.2 Å². The Bertz CT molecular complexity index is 1230. The van der Waals surface area contributed by atoms with Gasteiger partial charge in [-0.15, -0.1) is 0 Å². The maximum absolute atomic E-state index is 14.8. The van der Waals surface area contributed by atoms with E-state index in [4.69, 9.17) is 0 Å². The maximum atomic E-state index is 14.8. The smallest absolute Gasteiger partial charge is 0.227 e. The summed E-state index contributed by atoms with van der Waals surface area (Å²) in [5.41, 5.74) is 1.16. The molecule has 0 saturated carbocycles. The number of carbonyl (C=O) groups excluding carboxylic acids is 2. The van der Waals surface area contributed by atoms with Gasteiger partial charge in [-0.2, -0.15) is 0 Å². The molecular weight excluding hydrogens is 503 g/mol. The number of carbonyl (C=O) groups is 2. The Morgan fingerprint density at radius 3 is 2.03 bits per heavy atom. The quantitative estimate of drug-likeness (QED) is 0.527. The lowest BCUT2D eigenvalue weighted by Crippen LogP contribution is -2.45. The van der Waals surface area contributed by atoms with Crippen molar-refractivity contribution in [3.8, 4) is 0 Å². The second-order valence-corrected chi connectivity index (χ2v) is 12.6. The zero-order valence-corrected chi connectivity index (χ0v) is 23.8. The number of nitrogens with zero attached hydrogens (tertiary/aromatic N) is 2. The minimum atomic E-state index is -0.747. The van der Waals surface area contributed by atoms with E-state index in [9.17, 15) is 22.8 Å². The van der Waals surface area contributed by atoms with E-state index in [1.807, 2.05) is 18.7 Å². The van der Waals surface area contributed by atoms with E-state index in [0.717, 1.165) is 17.2 Å². The fourth-order valence-electron chi connectivity index (χ4n) is 6.30. The number of halogens is 3. The van der Waals surface area contributed by atoms with Gasteiger partial charge in [0.2, 0.25) is 11.8 Å². The minimum absolute atomic E-state index is 0.00756. The molecule has 2 unspecified atom stereocenters. The Kier molecular flexibility index (Phi) is 8.18. The predicted molar refractivity (Wildman–Crippen MR) is 146 cm³/mol. The number of rotatable bonds is 5. The Morgan fingerprint density at radius 1 is 0.872 bits per heavy atom. The molecule has 2 aromatic carbocycles. The average molecular weight is 544 g/mol. The normalized spacial score (nSPS) is 21.3. The van der Waals surface area contributed by atoms with Crippen LogP contribution >= 0.6 is 0 Å². The number of benzene rings is 2. The van der Waals surface area contributed by atoms with Gasteiger partial charge in [0, 0.05) is 50.6 Å². The molecule has 2 aliphatic rings. The molecule has 0 radical (unpaired) electrons. The van der Waals surface area contributed by atoms with Crippen LogP contribution in [0.3, 0.4) is 0 Å². The molecule has 0 spiro atoms. The molecule has 1 N–H and O–H groups in total. The maximum Gasteiger partial charge on any atom is 0.227 e. The van der Waals surface area contributed by atoms with Crippen LogP contribution in [0.25, 0.3) is 0 Å². The molecule has 2 aliphatic heterocycles. The Hall–Kier alpha value is -2.87. The van der Waals surface area contributed by atoms with Gasteiger partial charge < -0.3 is 10.2 Å². The summed E-state index contributed by atoms with van der Waals surface area (Å²) in [6.45, 7) is 13.5. The number of nitrogens with one attached hydrogen (secondary N) is 1. The molecule has 8 heteroatoms. The van der Waals surface area contributed by atoms with Gasteiger partial charge in [-0.3, -0.25) is 14.5 Å². The summed E-state index contributed by atoms with van der Waals surface area (Å²) in [5, 5.41) is 2.92. The van der Waals surface area contributed by atoms with E-state index >= 15 is 0 Å². The van der Waals surface area contributed by atoms with Crippen LogP contribution < -0.4 is 5.32 Å². The van der Waals surface area contributed by atoms with Crippen LogP contribution in [0.15, 0.2) is 36.4 Å². The van der Waals surface area contributed by atoms with Crippen molar-refractivity contribution >= 4 is 11.8 Å². The van der Waals surface area contributed by atoms with E-state index in [0.29, 0.717) is 44.6 Å². The first-order valence-corrected chi connectivity index (χ1v) is 13.7. The van der Waals surface area contributed by atoms with Gasteiger partial charge in [0.15, 0.2) is 0 Å². The third-order valence-electron chi connectivity index (χ3n) is 8.37. The lowest BCUT2D eigenvalue weighted by atomic mass is 9.80. The van der Waals surface area contributed by atoms with Crippen LogP contribution in [-0.4, -0.2) is 53.3 Å². The zero-order chi connectivity index (χ0) is 28.7. The highest BCUT2D eigenvalue weighted by Gasteiger charge is 2.45. The van der Waals surface area contributed by atoms with Crippen molar-refractivity contribution in [3.05, 3.63) is 70.5 Å². The van der Waals surface area contributed by atoms with Gasteiger partial charge >= 0.3 is 0 Å².